The second-order valence-corrected chi connectivity index (χ2v) is 0. The van der Waals surface area contributed by atoms with E-state index in [0.29, 0.717) is 0 Å². The van der Waals surface area contributed by atoms with Gasteiger partial charge >= 0.3 is 100 Å². The number of rotatable bonds is 0. The van der Waals surface area contributed by atoms with Crippen LogP contribution < -0.4 is 18.9 Å². The van der Waals surface area contributed by atoms with E-state index in [2.05, 4.69) is 0 Å². The predicted molar refractivity (Wildman–Crippen MR) is 6.44 cm³/mol. The van der Waals surface area contributed by atoms with Crippen molar-refractivity contribution in [2.45, 2.75) is 0 Å². The van der Waals surface area contributed by atoms with E-state index in [0.717, 1.165) is 0 Å². The molecule has 0 unspecified atom stereocenters. The van der Waals surface area contributed by atoms with E-state index >= 15 is 0 Å². The van der Waals surface area contributed by atoms with Crippen LogP contribution in [0.3, 0.4) is 0 Å². The van der Waals surface area contributed by atoms with Crippen molar-refractivity contribution in [2.75, 3.05) is 0 Å². The molecule has 0 aliphatic rings. The summed E-state index contributed by atoms with van der Waals surface area (Å²) in [6.07, 6.45) is 0. The third-order valence-electron chi connectivity index (χ3n) is 0. The smallest absolute Gasteiger partial charge is 2.00 e. The Morgan fingerprint density at radius 2 is 1.00 bits per heavy atom. The topological polar surface area (TPSA) is 28.5 Å². The van der Waals surface area contributed by atoms with Gasteiger partial charge in [-0.15, -0.1) is 0 Å². The first-order valence-corrected chi connectivity index (χ1v) is 0. The minimum absolute atomic E-state index is 0. The van der Waals surface area contributed by atoms with E-state index in [1.165, 1.54) is 0 Å². The molecule has 0 heterocycles. The Hall–Kier alpha value is 3.27. The monoisotopic (exact) mass is 321 g/mol. The summed E-state index contributed by atoms with van der Waals surface area (Å²) in [5, 5.41) is 0. The van der Waals surface area contributed by atoms with Crippen molar-refractivity contribution in [2.24, 2.45) is 0 Å². The third-order valence-corrected chi connectivity index (χ3v) is 0. The molecule has 0 aromatic carbocycles. The Labute approximate surface area is 104 Å². The average molecular weight is 323 g/mol. The number of hydrogen-bond acceptors (Lipinski definition) is 0. The first kappa shape index (κ1) is 40.9. The summed E-state index contributed by atoms with van der Waals surface area (Å²) >= 11 is 0. The van der Waals surface area contributed by atoms with E-state index < -0.39 is 0 Å². The first-order valence-electron chi connectivity index (χ1n) is 0. The van der Waals surface area contributed by atoms with E-state index in [4.69, 9.17) is 0 Å². The molecule has 1 nitrogen and oxygen atoms in total. The fraction of sp³-hybridized carbons (Fsp3) is 0. The van der Waals surface area contributed by atoms with E-state index in [9.17, 15) is 0 Å². The maximum absolute atomic E-state index is 0. The molecule has 0 N–H and O–H groups in total. The summed E-state index contributed by atoms with van der Waals surface area (Å²) in [5.74, 6) is 0. The molecular weight excluding hydrogens is 323 g/mol. The Morgan fingerprint density at radius 3 is 1.00 bits per heavy atom. The van der Waals surface area contributed by atoms with Gasteiger partial charge in [0.15, 0.2) is 0 Å². The van der Waals surface area contributed by atoms with Crippen molar-refractivity contribution in [3.8, 4) is 0 Å². The van der Waals surface area contributed by atoms with Crippen LogP contribution in [-0.2, 0) is 31.7 Å². The summed E-state index contributed by atoms with van der Waals surface area (Å²) in [7, 11) is 0. The molecule has 8 valence electrons. The molecule has 0 radical (unpaired) electrons. The standard InChI is InChI=1S/Ga.La.Li.O.Zr/q2*+3;+1;-2;+4. The maximum Gasteiger partial charge on any atom is 4.00 e. The molecule has 0 atom stereocenters. The summed E-state index contributed by atoms with van der Waals surface area (Å²) in [4.78, 5) is 0. The second kappa shape index (κ2) is 26.7. The Balaban J connectivity index is 0. The molecule has 0 aliphatic heterocycles. The second-order valence-electron chi connectivity index (χ2n) is 0. The van der Waals surface area contributed by atoms with Crippen LogP contribution in [0.5, 0.6) is 0 Å². The largest absolute Gasteiger partial charge is 4.00 e. The van der Waals surface area contributed by atoms with E-state index in [-0.39, 0.29) is 106 Å². The molecule has 0 aromatic heterocycles. The zero-order chi connectivity index (χ0) is 0. The van der Waals surface area contributed by atoms with Gasteiger partial charge in [0.25, 0.3) is 0 Å². The third kappa shape index (κ3) is 18.9. The molecular formula is GaLaLiOZr+9. The molecule has 0 bridgehead atoms. The minimum Gasteiger partial charge on any atom is -2.00 e. The Bertz CT molecular complexity index is 11.6. The fourth-order valence-electron chi connectivity index (χ4n) is 0. The van der Waals surface area contributed by atoms with Crippen LogP contribution in [0.15, 0.2) is 0 Å². The van der Waals surface area contributed by atoms with Crippen molar-refractivity contribution in [1.82, 2.24) is 0 Å². The van der Waals surface area contributed by atoms with Gasteiger partial charge in [0, 0.05) is 0 Å². The quantitative estimate of drug-likeness (QED) is 0.414. The van der Waals surface area contributed by atoms with Gasteiger partial charge in [-0.1, -0.05) is 0 Å². The van der Waals surface area contributed by atoms with E-state index in [1.807, 2.05) is 0 Å². The van der Waals surface area contributed by atoms with Crippen molar-refractivity contribution in [1.29, 1.82) is 0 Å². The normalized spacial score (nSPS) is 0. The molecule has 0 aromatic rings. The van der Waals surface area contributed by atoms with Gasteiger partial charge < -0.3 is 5.48 Å². The first-order chi connectivity index (χ1) is 0. The fourth-order valence-corrected chi connectivity index (χ4v) is 0. The van der Waals surface area contributed by atoms with Gasteiger partial charge in [-0.2, -0.15) is 0 Å². The molecule has 5 heavy (non-hydrogen) atoms. The zero-order valence-corrected chi connectivity index (χ0v) is 11.6. The van der Waals surface area contributed by atoms with Crippen molar-refractivity contribution in [3.63, 3.8) is 0 Å². The van der Waals surface area contributed by atoms with Gasteiger partial charge in [0.2, 0.25) is 0 Å². The van der Waals surface area contributed by atoms with E-state index in [1.54, 1.807) is 0 Å². The summed E-state index contributed by atoms with van der Waals surface area (Å²) in [5.41, 5.74) is 0. The van der Waals surface area contributed by atoms with Crippen LogP contribution >= 0.6 is 0 Å². The van der Waals surface area contributed by atoms with Crippen LogP contribution in [-0.4, -0.2) is 19.8 Å². The van der Waals surface area contributed by atoms with Gasteiger partial charge in [0.05, 0.1) is 0 Å². The molecule has 0 rings (SSSR count). The van der Waals surface area contributed by atoms with Gasteiger partial charge in [-0.05, 0) is 0 Å². The summed E-state index contributed by atoms with van der Waals surface area (Å²) < 4.78 is 0. The zero-order valence-electron chi connectivity index (χ0n) is 3.06. The minimum atomic E-state index is 0. The summed E-state index contributed by atoms with van der Waals surface area (Å²) in [6.45, 7) is 0. The van der Waals surface area contributed by atoms with Gasteiger partial charge in [-0.3, -0.25) is 0 Å². The van der Waals surface area contributed by atoms with Crippen molar-refractivity contribution in [3.05, 3.63) is 0 Å². The molecule has 0 saturated heterocycles. The molecule has 0 fully saturated rings. The molecule has 0 amide bonds. The van der Waals surface area contributed by atoms with Gasteiger partial charge in [-0.25, -0.2) is 0 Å². The van der Waals surface area contributed by atoms with Crippen LogP contribution in [0.2, 0.25) is 0 Å². The van der Waals surface area contributed by atoms with Crippen LogP contribution in [0.4, 0.5) is 0 Å². The summed E-state index contributed by atoms with van der Waals surface area (Å²) in [6, 6.07) is 0. The average Bonchev–Trinajstić information content (AvgIpc) is 0. The maximum atomic E-state index is 0. The van der Waals surface area contributed by atoms with Crippen molar-refractivity contribution < 1.29 is 86.1 Å². The molecule has 0 spiro atoms. The SMILES string of the molecule is [Ga+3].[La+3].[Li+].[O-2].[Zr+4]. The molecule has 5 heteroatoms. The molecule has 0 aliphatic carbocycles. The van der Waals surface area contributed by atoms with Crippen LogP contribution in [0.1, 0.15) is 0 Å². The predicted octanol–water partition coefficient (Wildman–Crippen LogP) is -3.50. The van der Waals surface area contributed by atoms with Crippen LogP contribution in [0, 0.1) is 35.6 Å². The molecule has 0 saturated carbocycles. The number of hydrogen-bond donors (Lipinski definition) is 0. The Kier molecular flexibility index (Phi) is 218. The van der Waals surface area contributed by atoms with Crippen LogP contribution in [0.25, 0.3) is 0 Å². The Morgan fingerprint density at radius 1 is 1.00 bits per heavy atom. The van der Waals surface area contributed by atoms with Crippen molar-refractivity contribution >= 4 is 19.8 Å². The van der Waals surface area contributed by atoms with Gasteiger partial charge in [0.1, 0.15) is 0 Å².